The zero-order valence-corrected chi connectivity index (χ0v) is 11.5. The molecule has 0 unspecified atom stereocenters. The van der Waals surface area contributed by atoms with E-state index in [2.05, 4.69) is 44.6 Å². The third-order valence-corrected chi connectivity index (χ3v) is 3.72. The summed E-state index contributed by atoms with van der Waals surface area (Å²) in [4.78, 5) is 10.8. The maximum atomic E-state index is 4.34. The maximum Gasteiger partial charge on any atom is 0.133 e. The lowest BCUT2D eigenvalue weighted by molar-refractivity contribution is 0.325. The predicted octanol–water partition coefficient (Wildman–Crippen LogP) is 3.26. The van der Waals surface area contributed by atoms with Crippen molar-refractivity contribution in [1.82, 2.24) is 9.97 Å². The highest BCUT2D eigenvalue weighted by Gasteiger charge is 2.23. The van der Waals surface area contributed by atoms with Crippen LogP contribution in [-0.4, -0.2) is 23.1 Å². The van der Waals surface area contributed by atoms with Crippen LogP contribution in [0.3, 0.4) is 0 Å². The molecule has 0 radical (unpaired) electrons. The number of anilines is 1. The van der Waals surface area contributed by atoms with Gasteiger partial charge in [0.2, 0.25) is 0 Å². The first-order chi connectivity index (χ1) is 7.57. The molecular weight excluding hydrogens is 266 g/mol. The van der Waals surface area contributed by atoms with Crippen LogP contribution in [0.4, 0.5) is 5.82 Å². The molecule has 0 saturated carbocycles. The third-order valence-electron chi connectivity index (χ3n) is 3.28. The van der Waals surface area contributed by atoms with Gasteiger partial charge in [-0.3, -0.25) is 0 Å². The molecule has 88 valence electrons. The van der Waals surface area contributed by atoms with E-state index < -0.39 is 0 Å². The quantitative estimate of drug-likeness (QED) is 0.741. The molecule has 1 aliphatic heterocycles. The molecule has 0 spiro atoms. The Bertz CT molecular complexity index is 365. The van der Waals surface area contributed by atoms with E-state index in [-0.39, 0.29) is 0 Å². The van der Waals surface area contributed by atoms with E-state index in [0.29, 0.717) is 5.41 Å². The molecule has 1 aromatic rings. The molecule has 1 fully saturated rings. The summed E-state index contributed by atoms with van der Waals surface area (Å²) in [6.07, 6.45) is 5.40. The lowest BCUT2D eigenvalue weighted by atomic mass is 9.85. The number of rotatable bonds is 1. The number of nitrogens with zero attached hydrogens (tertiary/aromatic N) is 3. The Morgan fingerprint density at radius 1 is 1.25 bits per heavy atom. The first kappa shape index (κ1) is 11.8. The minimum atomic E-state index is 0.471. The highest BCUT2D eigenvalue weighted by atomic mass is 79.9. The van der Waals surface area contributed by atoms with E-state index in [1.54, 1.807) is 6.33 Å². The van der Waals surface area contributed by atoms with Crippen LogP contribution in [0.1, 0.15) is 33.1 Å². The minimum absolute atomic E-state index is 0.471. The van der Waals surface area contributed by atoms with Gasteiger partial charge in [0, 0.05) is 19.2 Å². The number of halogens is 1. The van der Waals surface area contributed by atoms with Gasteiger partial charge in [-0.05, 0) is 40.6 Å². The van der Waals surface area contributed by atoms with Crippen molar-refractivity contribution >= 4 is 21.7 Å². The molecule has 0 aliphatic carbocycles. The smallest absolute Gasteiger partial charge is 0.133 e. The fourth-order valence-corrected chi connectivity index (χ4v) is 2.45. The summed E-state index contributed by atoms with van der Waals surface area (Å²) in [7, 11) is 0. The van der Waals surface area contributed by atoms with E-state index in [1.165, 1.54) is 19.3 Å². The molecular formula is C12H18BrN3. The molecule has 2 heterocycles. The Morgan fingerprint density at radius 2 is 2.06 bits per heavy atom. The van der Waals surface area contributed by atoms with Crippen molar-refractivity contribution < 1.29 is 0 Å². The molecule has 0 atom stereocenters. The van der Waals surface area contributed by atoms with Gasteiger partial charge in [-0.15, -0.1) is 0 Å². The van der Waals surface area contributed by atoms with E-state index in [4.69, 9.17) is 0 Å². The lowest BCUT2D eigenvalue weighted by Crippen LogP contribution is -2.25. The van der Waals surface area contributed by atoms with Crippen LogP contribution >= 0.6 is 15.9 Å². The molecule has 0 amide bonds. The van der Waals surface area contributed by atoms with Gasteiger partial charge in [-0.25, -0.2) is 9.97 Å². The molecule has 1 saturated heterocycles. The van der Waals surface area contributed by atoms with Crippen LogP contribution in [0, 0.1) is 5.41 Å². The van der Waals surface area contributed by atoms with Crippen molar-refractivity contribution in [2.24, 2.45) is 5.41 Å². The van der Waals surface area contributed by atoms with Crippen LogP contribution in [0.25, 0.3) is 0 Å². The molecule has 0 N–H and O–H groups in total. The highest BCUT2D eigenvalue weighted by molar-refractivity contribution is 9.10. The van der Waals surface area contributed by atoms with Crippen LogP contribution < -0.4 is 4.90 Å². The monoisotopic (exact) mass is 283 g/mol. The SMILES string of the molecule is CC1(C)CCCN(c2cc(Br)ncn2)CC1. The highest BCUT2D eigenvalue weighted by Crippen LogP contribution is 2.31. The number of hydrogen-bond acceptors (Lipinski definition) is 3. The standard InChI is InChI=1S/C12H18BrN3/c1-12(2)4-3-6-16(7-5-12)11-8-10(13)14-9-15-11/h8-9H,3-7H2,1-2H3. The third kappa shape index (κ3) is 2.94. The van der Waals surface area contributed by atoms with Crippen molar-refractivity contribution in [3.05, 3.63) is 17.0 Å². The summed E-state index contributed by atoms with van der Waals surface area (Å²) in [6, 6.07) is 2.00. The van der Waals surface area contributed by atoms with Crippen molar-refractivity contribution in [3.63, 3.8) is 0 Å². The average Bonchev–Trinajstić information content (AvgIpc) is 2.39. The Morgan fingerprint density at radius 3 is 2.81 bits per heavy atom. The summed E-state index contributed by atoms with van der Waals surface area (Å²) in [6.45, 7) is 6.90. The second-order valence-corrected chi connectivity index (χ2v) is 6.02. The fourth-order valence-electron chi connectivity index (χ4n) is 2.15. The second kappa shape index (κ2) is 4.70. The van der Waals surface area contributed by atoms with Gasteiger partial charge in [-0.2, -0.15) is 0 Å². The van der Waals surface area contributed by atoms with Gasteiger partial charge >= 0.3 is 0 Å². The Labute approximate surface area is 105 Å². The Balaban J connectivity index is 2.11. The molecule has 4 heteroatoms. The van der Waals surface area contributed by atoms with Gasteiger partial charge in [0.05, 0.1) is 0 Å². The van der Waals surface area contributed by atoms with Gasteiger partial charge in [0.15, 0.2) is 0 Å². The molecule has 1 aromatic heterocycles. The molecule has 1 aliphatic rings. The van der Waals surface area contributed by atoms with Crippen LogP contribution in [0.2, 0.25) is 0 Å². The van der Waals surface area contributed by atoms with Crippen LogP contribution in [0.15, 0.2) is 17.0 Å². The largest absolute Gasteiger partial charge is 0.356 e. The summed E-state index contributed by atoms with van der Waals surface area (Å²) in [5, 5.41) is 0. The van der Waals surface area contributed by atoms with Crippen molar-refractivity contribution in [1.29, 1.82) is 0 Å². The van der Waals surface area contributed by atoms with Crippen molar-refractivity contribution in [2.75, 3.05) is 18.0 Å². The Hall–Kier alpha value is -0.640. The van der Waals surface area contributed by atoms with Crippen molar-refractivity contribution in [2.45, 2.75) is 33.1 Å². The van der Waals surface area contributed by atoms with E-state index in [0.717, 1.165) is 23.5 Å². The van der Waals surface area contributed by atoms with Crippen molar-refractivity contribution in [3.8, 4) is 0 Å². The summed E-state index contributed by atoms with van der Waals surface area (Å²) in [5.41, 5.74) is 0.471. The zero-order valence-electron chi connectivity index (χ0n) is 9.91. The summed E-state index contributed by atoms with van der Waals surface area (Å²) >= 11 is 3.39. The number of aromatic nitrogens is 2. The maximum absolute atomic E-state index is 4.34. The molecule has 0 bridgehead atoms. The second-order valence-electron chi connectivity index (χ2n) is 5.20. The normalized spacial score (nSPS) is 20.6. The predicted molar refractivity (Wildman–Crippen MR) is 69.6 cm³/mol. The average molecular weight is 284 g/mol. The molecule has 16 heavy (non-hydrogen) atoms. The molecule has 0 aromatic carbocycles. The lowest BCUT2D eigenvalue weighted by Gasteiger charge is -2.23. The van der Waals surface area contributed by atoms with Gasteiger partial charge in [-0.1, -0.05) is 13.8 Å². The minimum Gasteiger partial charge on any atom is -0.356 e. The molecule has 3 nitrogen and oxygen atoms in total. The Kier molecular flexibility index (Phi) is 3.47. The first-order valence-electron chi connectivity index (χ1n) is 5.79. The van der Waals surface area contributed by atoms with E-state index in [9.17, 15) is 0 Å². The summed E-state index contributed by atoms with van der Waals surface area (Å²) in [5.74, 6) is 1.04. The summed E-state index contributed by atoms with van der Waals surface area (Å²) < 4.78 is 0.862. The van der Waals surface area contributed by atoms with Crippen LogP contribution in [0.5, 0.6) is 0 Å². The topological polar surface area (TPSA) is 29.0 Å². The fraction of sp³-hybridized carbons (Fsp3) is 0.667. The van der Waals surface area contributed by atoms with Gasteiger partial charge in [0.1, 0.15) is 16.7 Å². The number of hydrogen-bond donors (Lipinski definition) is 0. The zero-order chi connectivity index (χ0) is 11.6. The van der Waals surface area contributed by atoms with E-state index in [1.807, 2.05) is 6.07 Å². The van der Waals surface area contributed by atoms with Crippen LogP contribution in [-0.2, 0) is 0 Å². The van der Waals surface area contributed by atoms with Gasteiger partial charge in [0.25, 0.3) is 0 Å². The first-order valence-corrected chi connectivity index (χ1v) is 6.59. The molecule has 2 rings (SSSR count). The van der Waals surface area contributed by atoms with Gasteiger partial charge < -0.3 is 4.90 Å². The van der Waals surface area contributed by atoms with E-state index >= 15 is 0 Å².